The minimum absolute atomic E-state index is 0. The molecule has 1 aliphatic heterocycles. The molecule has 1 fully saturated rings. The molecule has 1 saturated heterocycles. The Hall–Kier alpha value is -2.37. The molecule has 1 atom stereocenters. The van der Waals surface area contributed by atoms with E-state index in [4.69, 9.17) is 5.73 Å². The normalized spacial score (nSPS) is 15.2. The van der Waals surface area contributed by atoms with Crippen molar-refractivity contribution in [1.29, 1.82) is 0 Å². The molecule has 3 N–H and O–H groups in total. The first kappa shape index (κ1) is 20.9. The van der Waals surface area contributed by atoms with Gasteiger partial charge in [0.05, 0.1) is 0 Å². The molecule has 2 amide bonds. The van der Waals surface area contributed by atoms with Crippen molar-refractivity contribution >= 4 is 29.9 Å². The number of hydrogen-bond donors (Lipinski definition) is 2. The van der Waals surface area contributed by atoms with Gasteiger partial charge in [0.15, 0.2) is 0 Å². The van der Waals surface area contributed by atoms with Gasteiger partial charge in [-0.3, -0.25) is 9.59 Å². The number of likely N-dealkylation sites (tertiary alicyclic amines) is 1. The molecular formula is C21H26ClN3O2. The van der Waals surface area contributed by atoms with Gasteiger partial charge in [-0.15, -0.1) is 12.4 Å². The van der Waals surface area contributed by atoms with E-state index in [0.717, 1.165) is 31.5 Å². The van der Waals surface area contributed by atoms with Crippen LogP contribution < -0.4 is 11.1 Å². The number of nitrogens with two attached hydrogens (primary N) is 1. The van der Waals surface area contributed by atoms with Gasteiger partial charge in [0, 0.05) is 24.3 Å². The Kier molecular flexibility index (Phi) is 7.82. The van der Waals surface area contributed by atoms with E-state index in [1.54, 1.807) is 24.3 Å². The van der Waals surface area contributed by atoms with E-state index in [-0.39, 0.29) is 24.2 Å². The molecule has 27 heavy (non-hydrogen) atoms. The number of carbonyl (C=O) groups is 2. The fraction of sp³-hybridized carbons (Fsp3) is 0.333. The van der Waals surface area contributed by atoms with E-state index in [9.17, 15) is 9.59 Å². The van der Waals surface area contributed by atoms with Gasteiger partial charge < -0.3 is 16.0 Å². The molecule has 1 aliphatic rings. The van der Waals surface area contributed by atoms with Crippen LogP contribution in [0.1, 0.15) is 47.6 Å². The molecule has 0 aromatic heterocycles. The quantitative estimate of drug-likeness (QED) is 0.838. The Morgan fingerprint density at radius 2 is 1.48 bits per heavy atom. The van der Waals surface area contributed by atoms with E-state index in [1.807, 2.05) is 35.2 Å². The minimum Gasteiger partial charge on any atom is -0.339 e. The Labute approximate surface area is 166 Å². The van der Waals surface area contributed by atoms with Gasteiger partial charge >= 0.3 is 0 Å². The predicted octanol–water partition coefficient (Wildman–Crippen LogP) is 3.76. The number of carbonyl (C=O) groups excluding carboxylic acids is 2. The lowest BCUT2D eigenvalue weighted by Crippen LogP contribution is -2.31. The fourth-order valence-corrected chi connectivity index (χ4v) is 3.18. The molecule has 1 heterocycles. The van der Waals surface area contributed by atoms with Crippen LogP contribution >= 0.6 is 12.4 Å². The van der Waals surface area contributed by atoms with Gasteiger partial charge in [-0.1, -0.05) is 43.2 Å². The number of anilines is 1. The summed E-state index contributed by atoms with van der Waals surface area (Å²) in [4.78, 5) is 26.8. The van der Waals surface area contributed by atoms with Crippen molar-refractivity contribution in [2.24, 2.45) is 5.73 Å². The van der Waals surface area contributed by atoms with Crippen LogP contribution in [0.3, 0.4) is 0 Å². The van der Waals surface area contributed by atoms with E-state index < -0.39 is 6.04 Å². The Balaban J connectivity index is 0.00000261. The molecule has 0 radical (unpaired) electrons. The van der Waals surface area contributed by atoms with Gasteiger partial charge in [0.1, 0.15) is 6.04 Å². The predicted molar refractivity (Wildman–Crippen MR) is 110 cm³/mol. The molecular weight excluding hydrogens is 362 g/mol. The average molecular weight is 388 g/mol. The first-order valence-electron chi connectivity index (χ1n) is 9.16. The van der Waals surface area contributed by atoms with E-state index >= 15 is 0 Å². The highest BCUT2D eigenvalue weighted by atomic mass is 35.5. The third-order valence-electron chi connectivity index (χ3n) is 4.73. The summed E-state index contributed by atoms with van der Waals surface area (Å²) in [5.41, 5.74) is 8.05. The smallest absolute Gasteiger partial charge is 0.253 e. The van der Waals surface area contributed by atoms with Gasteiger partial charge in [-0.2, -0.15) is 0 Å². The largest absolute Gasteiger partial charge is 0.339 e. The Morgan fingerprint density at radius 1 is 0.889 bits per heavy atom. The van der Waals surface area contributed by atoms with Gasteiger partial charge in [0.2, 0.25) is 5.91 Å². The molecule has 0 bridgehead atoms. The van der Waals surface area contributed by atoms with Crippen LogP contribution in [0, 0.1) is 0 Å². The fourth-order valence-electron chi connectivity index (χ4n) is 3.18. The summed E-state index contributed by atoms with van der Waals surface area (Å²) in [5.74, 6) is -0.214. The summed E-state index contributed by atoms with van der Waals surface area (Å²) in [6.07, 6.45) is 4.52. The first-order valence-corrected chi connectivity index (χ1v) is 9.16. The van der Waals surface area contributed by atoms with Crippen LogP contribution in [0.4, 0.5) is 5.69 Å². The summed E-state index contributed by atoms with van der Waals surface area (Å²) in [5, 5.41) is 2.81. The molecule has 0 spiro atoms. The standard InChI is InChI=1S/C21H25N3O2.ClH/c22-19(16-8-4-3-5-9-16)20(25)23-18-12-10-17(11-13-18)21(26)24-14-6-1-2-7-15-24;/h3-5,8-13,19H,1-2,6-7,14-15,22H2,(H,23,25);1H. The number of nitrogens with zero attached hydrogens (tertiary/aromatic N) is 1. The van der Waals surface area contributed by atoms with Crippen molar-refractivity contribution in [2.75, 3.05) is 18.4 Å². The molecule has 2 aromatic carbocycles. The maximum atomic E-state index is 12.6. The van der Waals surface area contributed by atoms with Gasteiger partial charge in [0.25, 0.3) is 5.91 Å². The molecule has 6 heteroatoms. The summed E-state index contributed by atoms with van der Waals surface area (Å²) >= 11 is 0. The van der Waals surface area contributed by atoms with Gasteiger partial charge in [-0.25, -0.2) is 0 Å². The van der Waals surface area contributed by atoms with Crippen molar-refractivity contribution in [1.82, 2.24) is 4.90 Å². The number of benzene rings is 2. The lowest BCUT2D eigenvalue weighted by Gasteiger charge is -2.20. The zero-order valence-corrected chi connectivity index (χ0v) is 16.1. The minimum atomic E-state index is -0.727. The number of nitrogens with one attached hydrogen (secondary N) is 1. The molecule has 0 saturated carbocycles. The Morgan fingerprint density at radius 3 is 2.07 bits per heavy atom. The van der Waals surface area contributed by atoms with Crippen LogP contribution in [-0.2, 0) is 4.79 Å². The van der Waals surface area contributed by atoms with Crippen molar-refractivity contribution < 1.29 is 9.59 Å². The molecule has 144 valence electrons. The van der Waals surface area contributed by atoms with Crippen LogP contribution in [0.2, 0.25) is 0 Å². The lowest BCUT2D eigenvalue weighted by atomic mass is 10.1. The van der Waals surface area contributed by atoms with Gasteiger partial charge in [-0.05, 0) is 42.7 Å². The zero-order valence-electron chi connectivity index (χ0n) is 15.3. The van der Waals surface area contributed by atoms with E-state index in [1.165, 1.54) is 12.8 Å². The van der Waals surface area contributed by atoms with E-state index in [2.05, 4.69) is 5.32 Å². The number of rotatable bonds is 4. The monoisotopic (exact) mass is 387 g/mol. The second kappa shape index (κ2) is 10.1. The third kappa shape index (κ3) is 5.55. The van der Waals surface area contributed by atoms with Crippen LogP contribution in [0.25, 0.3) is 0 Å². The summed E-state index contributed by atoms with van der Waals surface area (Å²) in [7, 11) is 0. The third-order valence-corrected chi connectivity index (χ3v) is 4.73. The maximum Gasteiger partial charge on any atom is 0.253 e. The summed E-state index contributed by atoms with van der Waals surface area (Å²) < 4.78 is 0. The van der Waals surface area contributed by atoms with Crippen molar-refractivity contribution in [3.63, 3.8) is 0 Å². The highest BCUT2D eigenvalue weighted by Gasteiger charge is 2.18. The van der Waals surface area contributed by atoms with Crippen molar-refractivity contribution in [2.45, 2.75) is 31.7 Å². The number of hydrogen-bond acceptors (Lipinski definition) is 3. The first-order chi connectivity index (χ1) is 12.6. The second-order valence-electron chi connectivity index (χ2n) is 6.66. The SMILES string of the molecule is Cl.NC(C(=O)Nc1ccc(C(=O)N2CCCCCC2)cc1)c1ccccc1. The van der Waals surface area contributed by atoms with Crippen LogP contribution in [0.5, 0.6) is 0 Å². The summed E-state index contributed by atoms with van der Waals surface area (Å²) in [6, 6.07) is 15.5. The van der Waals surface area contributed by atoms with Crippen molar-refractivity contribution in [3.05, 3.63) is 65.7 Å². The molecule has 0 aliphatic carbocycles. The highest BCUT2D eigenvalue weighted by Crippen LogP contribution is 2.17. The molecule has 2 aromatic rings. The van der Waals surface area contributed by atoms with Crippen LogP contribution in [0.15, 0.2) is 54.6 Å². The van der Waals surface area contributed by atoms with Crippen molar-refractivity contribution in [3.8, 4) is 0 Å². The number of amides is 2. The maximum absolute atomic E-state index is 12.6. The molecule has 3 rings (SSSR count). The average Bonchev–Trinajstić information content (AvgIpc) is 2.97. The molecule has 1 unspecified atom stereocenters. The van der Waals surface area contributed by atoms with E-state index in [0.29, 0.717) is 11.3 Å². The zero-order chi connectivity index (χ0) is 18.4. The Bertz CT molecular complexity index is 742. The van der Waals surface area contributed by atoms with Crippen LogP contribution in [-0.4, -0.2) is 29.8 Å². The highest BCUT2D eigenvalue weighted by molar-refractivity contribution is 5.97. The molecule has 5 nitrogen and oxygen atoms in total. The number of halogens is 1. The second-order valence-corrected chi connectivity index (χ2v) is 6.66. The lowest BCUT2D eigenvalue weighted by molar-refractivity contribution is -0.117. The summed E-state index contributed by atoms with van der Waals surface area (Å²) in [6.45, 7) is 1.65. The topological polar surface area (TPSA) is 75.4 Å².